The van der Waals surface area contributed by atoms with Crippen LogP contribution in [0.2, 0.25) is 5.02 Å². The number of hydrogen-bond donors (Lipinski definition) is 0. The molecule has 156 valence electrons. The van der Waals surface area contributed by atoms with Gasteiger partial charge in [-0.25, -0.2) is 8.78 Å². The SMILES string of the molecule is COc1cc2c(cc1OC)C(c1cccc(Cl)c1)N(Cc1ccc(F)c(F)c1)CC2. The maximum Gasteiger partial charge on any atom is 0.161 e. The van der Waals surface area contributed by atoms with Gasteiger partial charge in [0, 0.05) is 18.1 Å². The van der Waals surface area contributed by atoms with E-state index in [4.69, 9.17) is 21.1 Å². The minimum Gasteiger partial charge on any atom is -0.493 e. The van der Waals surface area contributed by atoms with Crippen molar-refractivity contribution in [3.8, 4) is 11.5 Å². The third kappa shape index (κ3) is 4.00. The Labute approximate surface area is 179 Å². The largest absolute Gasteiger partial charge is 0.493 e. The average molecular weight is 430 g/mol. The molecule has 6 heteroatoms. The molecule has 1 aliphatic heterocycles. The van der Waals surface area contributed by atoms with Crippen LogP contribution in [0, 0.1) is 11.6 Å². The summed E-state index contributed by atoms with van der Waals surface area (Å²) in [5.74, 6) is -0.338. The molecule has 0 aliphatic carbocycles. The lowest BCUT2D eigenvalue weighted by Gasteiger charge is -2.38. The molecule has 1 unspecified atom stereocenters. The number of ether oxygens (including phenoxy) is 2. The number of nitrogens with zero attached hydrogens (tertiary/aromatic N) is 1. The Morgan fingerprint density at radius 2 is 1.73 bits per heavy atom. The molecular formula is C24H22ClF2NO2. The number of halogens is 3. The van der Waals surface area contributed by atoms with Crippen molar-refractivity contribution in [2.24, 2.45) is 0 Å². The molecule has 1 atom stereocenters. The summed E-state index contributed by atoms with van der Waals surface area (Å²) in [5, 5.41) is 0.646. The van der Waals surface area contributed by atoms with E-state index in [2.05, 4.69) is 4.90 Å². The molecule has 0 saturated heterocycles. The predicted octanol–water partition coefficient (Wildman–Crippen LogP) is 5.78. The zero-order chi connectivity index (χ0) is 21.3. The Hall–Kier alpha value is -2.63. The molecule has 1 aliphatic rings. The molecule has 4 rings (SSSR count). The van der Waals surface area contributed by atoms with Crippen LogP contribution in [0.25, 0.3) is 0 Å². The second-order valence-corrected chi connectivity index (χ2v) is 7.77. The van der Waals surface area contributed by atoms with Crippen molar-refractivity contribution in [2.75, 3.05) is 20.8 Å². The first-order valence-corrected chi connectivity index (χ1v) is 10.1. The van der Waals surface area contributed by atoms with Gasteiger partial charge < -0.3 is 9.47 Å². The van der Waals surface area contributed by atoms with Gasteiger partial charge in [0.1, 0.15) is 0 Å². The summed E-state index contributed by atoms with van der Waals surface area (Å²) in [6.07, 6.45) is 0.802. The maximum atomic E-state index is 13.8. The summed E-state index contributed by atoms with van der Waals surface area (Å²) in [5.41, 5.74) is 3.99. The summed E-state index contributed by atoms with van der Waals surface area (Å²) >= 11 is 6.29. The van der Waals surface area contributed by atoms with Crippen LogP contribution in [0.3, 0.4) is 0 Å². The molecule has 3 nitrogen and oxygen atoms in total. The monoisotopic (exact) mass is 429 g/mol. The summed E-state index contributed by atoms with van der Waals surface area (Å²) in [7, 11) is 3.23. The minimum absolute atomic E-state index is 0.111. The average Bonchev–Trinajstić information content (AvgIpc) is 2.75. The van der Waals surface area contributed by atoms with Crippen molar-refractivity contribution in [3.63, 3.8) is 0 Å². The molecule has 0 bridgehead atoms. The zero-order valence-corrected chi connectivity index (χ0v) is 17.5. The van der Waals surface area contributed by atoms with Gasteiger partial charge in [-0.3, -0.25) is 4.90 Å². The molecule has 0 saturated carbocycles. The Morgan fingerprint density at radius 3 is 2.43 bits per heavy atom. The number of methoxy groups -OCH3 is 2. The molecule has 0 spiro atoms. The van der Waals surface area contributed by atoms with Gasteiger partial charge in [0.05, 0.1) is 20.3 Å². The fraction of sp³-hybridized carbons (Fsp3) is 0.250. The molecule has 1 heterocycles. The van der Waals surface area contributed by atoms with E-state index in [-0.39, 0.29) is 6.04 Å². The van der Waals surface area contributed by atoms with E-state index in [0.717, 1.165) is 24.1 Å². The van der Waals surface area contributed by atoms with Crippen molar-refractivity contribution in [2.45, 2.75) is 19.0 Å². The van der Waals surface area contributed by atoms with Crippen LogP contribution >= 0.6 is 11.6 Å². The fourth-order valence-corrected chi connectivity index (χ4v) is 4.31. The Kier molecular flexibility index (Phi) is 5.93. The quantitative estimate of drug-likeness (QED) is 0.513. The lowest BCUT2D eigenvalue weighted by molar-refractivity contribution is 0.203. The second kappa shape index (κ2) is 8.62. The lowest BCUT2D eigenvalue weighted by atomic mass is 9.87. The topological polar surface area (TPSA) is 21.7 Å². The minimum atomic E-state index is -0.842. The third-order valence-corrected chi connectivity index (χ3v) is 5.74. The Morgan fingerprint density at radius 1 is 0.967 bits per heavy atom. The van der Waals surface area contributed by atoms with E-state index in [1.165, 1.54) is 17.7 Å². The first kappa shape index (κ1) is 20.6. The van der Waals surface area contributed by atoms with Crippen LogP contribution in [-0.2, 0) is 13.0 Å². The molecule has 30 heavy (non-hydrogen) atoms. The molecule has 0 amide bonds. The van der Waals surface area contributed by atoms with Gasteiger partial charge in [0.15, 0.2) is 23.1 Å². The maximum absolute atomic E-state index is 13.8. The van der Waals surface area contributed by atoms with E-state index < -0.39 is 11.6 Å². The van der Waals surface area contributed by atoms with Crippen LogP contribution in [0.4, 0.5) is 8.78 Å². The van der Waals surface area contributed by atoms with Gasteiger partial charge in [0.25, 0.3) is 0 Å². The highest BCUT2D eigenvalue weighted by Crippen LogP contribution is 2.42. The van der Waals surface area contributed by atoms with Crippen molar-refractivity contribution in [3.05, 3.63) is 93.5 Å². The van der Waals surface area contributed by atoms with E-state index in [0.29, 0.717) is 28.6 Å². The molecule has 0 N–H and O–H groups in total. The highest BCUT2D eigenvalue weighted by molar-refractivity contribution is 6.30. The van der Waals surface area contributed by atoms with E-state index >= 15 is 0 Å². The number of rotatable bonds is 5. The fourth-order valence-electron chi connectivity index (χ4n) is 4.11. The molecule has 0 radical (unpaired) electrons. The third-order valence-electron chi connectivity index (χ3n) is 5.51. The summed E-state index contributed by atoms with van der Waals surface area (Å²) in [4.78, 5) is 2.24. The zero-order valence-electron chi connectivity index (χ0n) is 16.8. The van der Waals surface area contributed by atoms with Gasteiger partial charge in [-0.05, 0) is 65.1 Å². The first-order chi connectivity index (χ1) is 14.5. The number of benzene rings is 3. The molecular weight excluding hydrogens is 408 g/mol. The molecule has 3 aromatic carbocycles. The van der Waals surface area contributed by atoms with E-state index in [1.54, 1.807) is 20.3 Å². The van der Waals surface area contributed by atoms with Crippen molar-refractivity contribution in [1.29, 1.82) is 0 Å². The van der Waals surface area contributed by atoms with Gasteiger partial charge >= 0.3 is 0 Å². The Bertz CT molecular complexity index is 1070. The van der Waals surface area contributed by atoms with E-state index in [9.17, 15) is 8.78 Å². The molecule has 0 aromatic heterocycles. The van der Waals surface area contributed by atoms with Gasteiger partial charge in [-0.15, -0.1) is 0 Å². The normalized spacial score (nSPS) is 16.2. The summed E-state index contributed by atoms with van der Waals surface area (Å²) < 4.78 is 38.2. The van der Waals surface area contributed by atoms with Crippen LogP contribution < -0.4 is 9.47 Å². The number of fused-ring (bicyclic) bond motifs is 1. The highest BCUT2D eigenvalue weighted by Gasteiger charge is 2.30. The number of hydrogen-bond acceptors (Lipinski definition) is 3. The lowest BCUT2D eigenvalue weighted by Crippen LogP contribution is -2.35. The van der Waals surface area contributed by atoms with Gasteiger partial charge in [0.2, 0.25) is 0 Å². The van der Waals surface area contributed by atoms with Crippen LogP contribution in [0.5, 0.6) is 11.5 Å². The van der Waals surface area contributed by atoms with Crippen molar-refractivity contribution in [1.82, 2.24) is 4.90 Å². The van der Waals surface area contributed by atoms with E-state index in [1.807, 2.05) is 36.4 Å². The summed E-state index contributed by atoms with van der Waals surface area (Å²) in [6, 6.07) is 15.7. The van der Waals surface area contributed by atoms with Gasteiger partial charge in [-0.2, -0.15) is 0 Å². The van der Waals surface area contributed by atoms with Gasteiger partial charge in [-0.1, -0.05) is 29.8 Å². The smallest absolute Gasteiger partial charge is 0.161 e. The first-order valence-electron chi connectivity index (χ1n) is 9.68. The standard InChI is InChI=1S/C24H22ClF2NO2/c1-29-22-12-16-8-9-28(14-15-6-7-20(26)21(27)10-15)24(19(16)13-23(22)30-2)17-4-3-5-18(25)11-17/h3-7,10-13,24H,8-9,14H2,1-2H3. The van der Waals surface area contributed by atoms with Crippen LogP contribution in [0.1, 0.15) is 28.3 Å². The second-order valence-electron chi connectivity index (χ2n) is 7.33. The summed E-state index contributed by atoms with van der Waals surface area (Å²) in [6.45, 7) is 1.22. The highest BCUT2D eigenvalue weighted by atomic mass is 35.5. The predicted molar refractivity (Wildman–Crippen MR) is 113 cm³/mol. The van der Waals surface area contributed by atoms with Crippen molar-refractivity contribution < 1.29 is 18.3 Å². The Balaban J connectivity index is 1.80. The van der Waals surface area contributed by atoms with Crippen molar-refractivity contribution >= 4 is 11.6 Å². The molecule has 3 aromatic rings. The van der Waals surface area contributed by atoms with Crippen LogP contribution in [-0.4, -0.2) is 25.7 Å². The van der Waals surface area contributed by atoms with Crippen LogP contribution in [0.15, 0.2) is 54.6 Å². The molecule has 0 fully saturated rings.